The summed E-state index contributed by atoms with van der Waals surface area (Å²) in [5.41, 5.74) is 23.9. The van der Waals surface area contributed by atoms with E-state index in [9.17, 15) is 78.0 Å². The monoisotopic (exact) mass is 2090 g/mol. The SMILES string of the molecule is CCCCC(NC(=O)C(CCCCN(CC(=O)O)CC(=O)O)NC(=O)C(CC1=CCCC=N1)NC(=O)C(CCC(N)=O)NC(=O)C(CO)NC(=O)CNC(=O)COCCOCCNC(=O)CCCCCCCCCCCCCCCC(=N)NNN)C(=O)NC1CCC(=O)NCCCCC(C(N)=O)NC(=O)C(Cc2c[nH]c3ccccc23)NC(=O)C(CCCNC(=N)N)NC(=O)C(Cc2ccccc2)NC(=O)C2CC(O)CN2C1=O. The third kappa shape index (κ3) is 49.8. The molecule has 826 valence electrons. The molecular formula is C99H156N26O24. The van der Waals surface area contributed by atoms with Crippen molar-refractivity contribution in [3.8, 4) is 0 Å². The van der Waals surface area contributed by atoms with Gasteiger partial charge in [-0.3, -0.25) is 118 Å². The Hall–Kier alpha value is -13.7. The molecule has 50 nitrogen and oxygen atoms in total. The molecular weight excluding hydrogens is 1940 g/mol. The van der Waals surface area contributed by atoms with Gasteiger partial charge in [0.15, 0.2) is 5.96 Å². The van der Waals surface area contributed by atoms with Gasteiger partial charge in [-0.1, -0.05) is 145 Å². The second-order valence-electron chi connectivity index (χ2n) is 37.3. The highest BCUT2D eigenvalue weighted by molar-refractivity contribution is 6.01. The second kappa shape index (κ2) is 70.3. The zero-order chi connectivity index (χ0) is 109. The van der Waals surface area contributed by atoms with Crippen LogP contribution in [0.5, 0.6) is 0 Å². The number of nitrogens with two attached hydrogens (primary N) is 4. The minimum absolute atomic E-state index is 0.0211. The van der Waals surface area contributed by atoms with Gasteiger partial charge in [-0.2, -0.15) is 5.53 Å². The summed E-state index contributed by atoms with van der Waals surface area (Å²) in [7, 11) is 0. The lowest BCUT2D eigenvalue weighted by Gasteiger charge is -2.31. The van der Waals surface area contributed by atoms with E-state index in [2.05, 4.69) is 95.4 Å². The van der Waals surface area contributed by atoms with E-state index in [-0.39, 0.29) is 135 Å². The number of hydrazine groups is 2. The fourth-order valence-electron chi connectivity index (χ4n) is 17.1. The Balaban J connectivity index is 1.17. The first-order valence-corrected chi connectivity index (χ1v) is 51.5. The van der Waals surface area contributed by atoms with Crippen LogP contribution in [0.3, 0.4) is 0 Å². The first kappa shape index (κ1) is 124. The van der Waals surface area contributed by atoms with Crippen molar-refractivity contribution >= 4 is 135 Å². The summed E-state index contributed by atoms with van der Waals surface area (Å²) in [4.78, 5) is 261. The summed E-state index contributed by atoms with van der Waals surface area (Å²) in [5.74, 6) is -12.3. The molecule has 2 aromatic carbocycles. The van der Waals surface area contributed by atoms with Gasteiger partial charge < -0.3 is 131 Å². The number of unbranched alkanes of at least 4 members (excludes halogenated alkanes) is 14. The second-order valence-corrected chi connectivity index (χ2v) is 37.3. The van der Waals surface area contributed by atoms with E-state index in [0.29, 0.717) is 60.0 Å². The molecule has 0 aliphatic carbocycles. The molecule has 0 bridgehead atoms. The lowest BCUT2D eigenvalue weighted by molar-refractivity contribution is -0.143. The third-order valence-electron chi connectivity index (χ3n) is 25.2. The number of nitrogens with zero attached hydrogens (tertiary/aromatic N) is 3. The summed E-state index contributed by atoms with van der Waals surface area (Å²) >= 11 is 0. The number of aromatic amines is 1. The number of carbonyl (C=O) groups is 18. The molecule has 16 amide bonds. The molecule has 3 aromatic rings. The summed E-state index contributed by atoms with van der Waals surface area (Å²) in [6.45, 7) is -2.32. The highest BCUT2D eigenvalue weighted by Crippen LogP contribution is 2.25. The summed E-state index contributed by atoms with van der Waals surface area (Å²) < 4.78 is 10.9. The van der Waals surface area contributed by atoms with E-state index >= 15 is 28.8 Å². The number of amidine groups is 1. The predicted molar refractivity (Wildman–Crippen MR) is 548 cm³/mol. The molecule has 1 aromatic heterocycles. The summed E-state index contributed by atoms with van der Waals surface area (Å²) in [6.07, 6.45) is 16.4. The van der Waals surface area contributed by atoms with Gasteiger partial charge in [0.2, 0.25) is 94.5 Å². The third-order valence-corrected chi connectivity index (χ3v) is 25.2. The zero-order valence-electron chi connectivity index (χ0n) is 85.1. The van der Waals surface area contributed by atoms with Crippen molar-refractivity contribution in [2.45, 2.75) is 311 Å². The number of guanidine groups is 1. The van der Waals surface area contributed by atoms with Gasteiger partial charge >= 0.3 is 11.9 Å². The lowest BCUT2D eigenvalue weighted by atomic mass is 10.0. The van der Waals surface area contributed by atoms with E-state index in [1.165, 1.54) is 44.7 Å². The fraction of sp³-hybridized carbons (Fsp3) is 0.626. The number of nitrogens with one attached hydrogen (secondary N) is 19. The Morgan fingerprint density at radius 1 is 0.577 bits per heavy atom. The average Bonchev–Trinajstić information content (AvgIpc) is 1.69. The van der Waals surface area contributed by atoms with Crippen molar-refractivity contribution in [2.24, 2.45) is 28.0 Å². The van der Waals surface area contributed by atoms with Crippen LogP contribution in [-0.4, -0.2) is 318 Å². The Morgan fingerprint density at radius 3 is 1.81 bits per heavy atom. The number of para-hydroxylation sites is 1. The quantitative estimate of drug-likeness (QED) is 0.00945. The lowest BCUT2D eigenvalue weighted by Crippen LogP contribution is -2.61. The zero-order valence-corrected chi connectivity index (χ0v) is 85.1. The van der Waals surface area contributed by atoms with Gasteiger partial charge in [0.25, 0.3) is 0 Å². The van der Waals surface area contributed by atoms with Crippen molar-refractivity contribution in [3.63, 3.8) is 0 Å². The number of aliphatic hydroxyl groups excluding tert-OH is 2. The van der Waals surface area contributed by atoms with Crippen LogP contribution in [-0.2, 0) is 109 Å². The first-order valence-electron chi connectivity index (χ1n) is 51.5. The Kier molecular flexibility index (Phi) is 58.5. The summed E-state index contributed by atoms with van der Waals surface area (Å²) in [5, 5.41) is 94.0. The number of allylic oxidation sites excluding steroid dienone is 1. The number of hydrogen-bond donors (Lipinski definition) is 27. The fourth-order valence-corrected chi connectivity index (χ4v) is 17.1. The van der Waals surface area contributed by atoms with Crippen LogP contribution >= 0.6 is 0 Å². The molecule has 2 fully saturated rings. The minimum Gasteiger partial charge on any atom is -0.480 e. The number of aliphatic hydroxyl groups is 2. The maximum atomic E-state index is 15.6. The van der Waals surface area contributed by atoms with E-state index < -0.39 is 257 Å². The average molecular weight is 2090 g/mol. The number of H-pyrrole nitrogens is 1. The van der Waals surface area contributed by atoms with Crippen LogP contribution in [0.15, 0.2) is 77.6 Å². The molecule has 2 saturated heterocycles. The Labute approximate surface area is 866 Å². The Morgan fingerprint density at radius 2 is 1.17 bits per heavy atom. The predicted octanol–water partition coefficient (Wildman–Crippen LogP) is -2.12. The first-order chi connectivity index (χ1) is 71.5. The summed E-state index contributed by atoms with van der Waals surface area (Å²) in [6, 6.07) is -2.41. The number of fused-ring (bicyclic) bond motifs is 2. The Bertz CT molecular complexity index is 4900. The molecule has 0 saturated carbocycles. The molecule has 4 heterocycles. The molecule has 6 rings (SSSR count). The van der Waals surface area contributed by atoms with Gasteiger partial charge in [-0.05, 0) is 120 Å². The molecule has 31 N–H and O–H groups in total. The van der Waals surface area contributed by atoms with Gasteiger partial charge in [0.1, 0.15) is 78.9 Å². The molecule has 3 aliphatic heterocycles. The van der Waals surface area contributed by atoms with Gasteiger partial charge in [-0.25, -0.2) is 0 Å². The van der Waals surface area contributed by atoms with E-state index in [1.807, 2.05) is 0 Å². The van der Waals surface area contributed by atoms with Crippen molar-refractivity contribution in [3.05, 3.63) is 83.7 Å². The number of rotatable bonds is 65. The van der Waals surface area contributed by atoms with Crippen LogP contribution < -0.4 is 108 Å². The molecule has 0 radical (unpaired) electrons. The van der Waals surface area contributed by atoms with Crippen LogP contribution in [0.2, 0.25) is 0 Å². The molecule has 0 spiro atoms. The largest absolute Gasteiger partial charge is 0.480 e. The number of benzene rings is 2. The number of aliphatic imine (C=N–C) groups is 1. The molecule has 12 atom stereocenters. The minimum atomic E-state index is -1.81. The van der Waals surface area contributed by atoms with E-state index in [4.69, 9.17) is 43.3 Å². The van der Waals surface area contributed by atoms with Gasteiger partial charge in [0, 0.05) is 107 Å². The number of primary amides is 2. The highest BCUT2D eigenvalue weighted by atomic mass is 16.5. The van der Waals surface area contributed by atoms with Crippen molar-refractivity contribution in [1.82, 2.24) is 100 Å². The normalized spacial score (nSPS) is 18.6. The number of aromatic nitrogens is 1. The van der Waals surface area contributed by atoms with Gasteiger partial charge in [0.05, 0.1) is 52.2 Å². The topological polar surface area (TPSA) is 786 Å². The number of carboxylic acid groups (broad SMARTS) is 2. The molecule has 149 heavy (non-hydrogen) atoms. The maximum absolute atomic E-state index is 15.6. The smallest absolute Gasteiger partial charge is 0.317 e. The van der Waals surface area contributed by atoms with E-state index in [0.717, 1.165) is 54.7 Å². The van der Waals surface area contributed by atoms with E-state index in [1.54, 1.807) is 73.8 Å². The highest BCUT2D eigenvalue weighted by Gasteiger charge is 2.45. The number of carbonyl (C=O) groups excluding carboxylic acids is 16. The number of amides is 16. The number of ether oxygens (including phenoxy) is 2. The van der Waals surface area contributed by atoms with Crippen LogP contribution in [0.25, 0.3) is 10.9 Å². The maximum Gasteiger partial charge on any atom is 0.317 e. The van der Waals surface area contributed by atoms with Crippen molar-refractivity contribution in [2.75, 3.05) is 85.4 Å². The van der Waals surface area contributed by atoms with Crippen molar-refractivity contribution < 1.29 is 116 Å². The van der Waals surface area contributed by atoms with Gasteiger partial charge in [-0.15, -0.1) is 0 Å². The molecule has 3 aliphatic rings. The van der Waals surface area contributed by atoms with Crippen LogP contribution in [0.1, 0.15) is 236 Å². The van der Waals surface area contributed by atoms with Crippen molar-refractivity contribution in [1.29, 1.82) is 10.8 Å². The number of aliphatic carboxylic acids is 2. The molecule has 12 unspecified atom stereocenters. The van der Waals surface area contributed by atoms with Crippen LogP contribution in [0, 0.1) is 10.8 Å². The molecule has 50 heteroatoms. The standard InChI is InChI=1S/C99H156N26O24/c1-2-3-33-70(90(139)118-74-41-43-83(130)107-45-26-23-35-69(88(102)137)113-94(143)76(53-64-56-110-68-34-21-20-32-67(64)68)119-91(140)72(37-28-46-109-99(103)104)116-93(142)75(52-63-29-16-15-17-30-63)121-97(146)79-55-66(127)58-125(79)98(74)147)114-89(138)71(36-24-27-48-124(59-86(133)134)60-87(135)136)115-95(144)77(54-65-31-22-25-44-106-65)120-92(141)73(40-42-81(101)128)117-96(145)78(61-126)112-84(131)57-111-85(132)62-149-51-50-148-49-47-108-82(129)39-19-14-12-10-8-6-4-5-7-9-11-13-18-38-80(100)122-123-105/h15-17,20-21,29-32,34,44,56,66,69-79,110,123,126-127H,2-14,18-19,22-28,33,35-43,45-55,57-62,105H2,1H3,(H2,100,122)(H2,101,128)(H2,102,137)(H,107,130)(H,108,129)(H,111,132)(H,112,131)(H,113,143)(H,114,138)(H,115,144)(H,116,142)(H,117,145)(H,118,139)(H,119,140)(H,120,141)(H,121,146)(H,133,134)(H,135,136)(H4,103,104,109). The number of carboxylic acids is 2. The number of hydrogen-bond acceptors (Lipinski definition) is 28. The van der Waals surface area contributed by atoms with Crippen LogP contribution in [0.4, 0.5) is 0 Å².